The van der Waals surface area contributed by atoms with Crippen LogP contribution >= 0.6 is 0 Å². The molecule has 2 aromatic carbocycles. The fourth-order valence-electron chi connectivity index (χ4n) is 3.40. The second kappa shape index (κ2) is 7.25. The molecule has 0 saturated heterocycles. The number of aliphatic imine (C=N–C) groups is 1. The summed E-state index contributed by atoms with van der Waals surface area (Å²) in [5.74, 6) is 0. The van der Waals surface area contributed by atoms with Crippen molar-refractivity contribution >= 4 is 16.5 Å². The summed E-state index contributed by atoms with van der Waals surface area (Å²) in [6.45, 7) is 0.286. The summed E-state index contributed by atoms with van der Waals surface area (Å²) in [5, 5.41) is 26.8. The minimum absolute atomic E-state index is 0.0872. The summed E-state index contributed by atoms with van der Waals surface area (Å²) >= 11 is 0. The summed E-state index contributed by atoms with van der Waals surface area (Å²) in [5.41, 5.74) is 0.611. The van der Waals surface area contributed by atoms with Gasteiger partial charge in [0.25, 0.3) is 5.70 Å². The molecule has 1 heterocycles. The molecule has 0 saturated carbocycles. The van der Waals surface area contributed by atoms with Crippen molar-refractivity contribution in [2.45, 2.75) is 11.6 Å². The van der Waals surface area contributed by atoms with Gasteiger partial charge in [0.2, 0.25) is 0 Å². The first-order valence-corrected chi connectivity index (χ1v) is 8.95. The van der Waals surface area contributed by atoms with Crippen LogP contribution in [0.25, 0.3) is 10.8 Å². The van der Waals surface area contributed by atoms with Crippen molar-refractivity contribution in [3.05, 3.63) is 106 Å². The fourth-order valence-corrected chi connectivity index (χ4v) is 3.40. The van der Waals surface area contributed by atoms with Crippen LogP contribution in [0.4, 0.5) is 0 Å². The number of dihydropyridines is 1. The average molecular weight is 373 g/mol. The molecule has 0 fully saturated rings. The van der Waals surface area contributed by atoms with Crippen molar-refractivity contribution in [2.75, 3.05) is 6.54 Å². The van der Waals surface area contributed by atoms with E-state index in [2.05, 4.69) is 40.6 Å². The number of fused-ring (bicyclic) bond motifs is 1. The number of rotatable bonds is 4. The molecule has 2 unspecified atom stereocenters. The summed E-state index contributed by atoms with van der Waals surface area (Å²) in [6, 6.07) is 14.3. The summed E-state index contributed by atoms with van der Waals surface area (Å²) in [7, 11) is 0. The standard InChI is InChI=1S/C22H19N3O3/c26-21-10-9-19(25(27)28)14-20(21)23-15-22(11-3-4-12-24-22)18-8-7-16-5-1-2-6-17(16)13-18/h1-14,21,24,26H,15H2. The monoisotopic (exact) mass is 373 g/mol. The molecule has 0 spiro atoms. The number of benzene rings is 2. The highest BCUT2D eigenvalue weighted by Crippen LogP contribution is 2.29. The van der Waals surface area contributed by atoms with E-state index in [0.29, 0.717) is 0 Å². The van der Waals surface area contributed by atoms with Gasteiger partial charge in [-0.15, -0.1) is 0 Å². The third-order valence-corrected chi connectivity index (χ3v) is 4.96. The molecule has 28 heavy (non-hydrogen) atoms. The van der Waals surface area contributed by atoms with Crippen LogP contribution in [0.15, 0.2) is 95.8 Å². The molecule has 0 bridgehead atoms. The highest BCUT2D eigenvalue weighted by Gasteiger charge is 2.30. The minimum Gasteiger partial charge on any atom is -0.383 e. The summed E-state index contributed by atoms with van der Waals surface area (Å²) < 4.78 is 0. The number of hydrogen-bond acceptors (Lipinski definition) is 5. The van der Waals surface area contributed by atoms with E-state index in [1.165, 1.54) is 18.2 Å². The van der Waals surface area contributed by atoms with E-state index < -0.39 is 16.6 Å². The van der Waals surface area contributed by atoms with E-state index in [1.807, 2.05) is 36.6 Å². The summed E-state index contributed by atoms with van der Waals surface area (Å²) in [4.78, 5) is 15.1. The number of allylic oxidation sites excluding steroid dienone is 3. The number of aliphatic hydroxyl groups excluding tert-OH is 1. The quantitative estimate of drug-likeness (QED) is 0.636. The van der Waals surface area contributed by atoms with Crippen molar-refractivity contribution in [2.24, 2.45) is 4.99 Å². The lowest BCUT2D eigenvalue weighted by molar-refractivity contribution is -0.419. The third kappa shape index (κ3) is 3.37. The number of nitro groups is 1. The molecule has 140 valence electrons. The summed E-state index contributed by atoms with van der Waals surface area (Å²) in [6.07, 6.45) is 10.8. The Kier molecular flexibility index (Phi) is 4.63. The molecule has 1 aliphatic carbocycles. The molecular weight excluding hydrogens is 354 g/mol. The van der Waals surface area contributed by atoms with E-state index in [-0.39, 0.29) is 18.0 Å². The Balaban J connectivity index is 1.72. The van der Waals surface area contributed by atoms with Crippen molar-refractivity contribution in [3.63, 3.8) is 0 Å². The molecule has 6 heteroatoms. The maximum Gasteiger partial charge on any atom is 0.271 e. The van der Waals surface area contributed by atoms with Crippen LogP contribution in [0.1, 0.15) is 5.56 Å². The van der Waals surface area contributed by atoms with Crippen LogP contribution < -0.4 is 5.32 Å². The Hall–Kier alpha value is -3.51. The van der Waals surface area contributed by atoms with Crippen molar-refractivity contribution in [1.82, 2.24) is 5.32 Å². The van der Waals surface area contributed by atoms with E-state index >= 15 is 0 Å². The number of aliphatic hydroxyl groups is 1. The average Bonchev–Trinajstić information content (AvgIpc) is 2.73. The molecule has 2 N–H and O–H groups in total. The van der Waals surface area contributed by atoms with Gasteiger partial charge in [0.1, 0.15) is 11.6 Å². The van der Waals surface area contributed by atoms with Crippen molar-refractivity contribution in [1.29, 1.82) is 0 Å². The van der Waals surface area contributed by atoms with Gasteiger partial charge in [0.05, 0.1) is 17.2 Å². The second-order valence-electron chi connectivity index (χ2n) is 6.77. The number of nitrogens with zero attached hydrogens (tertiary/aromatic N) is 2. The van der Waals surface area contributed by atoms with Crippen LogP contribution in [0, 0.1) is 10.1 Å². The Labute approximate surface area is 162 Å². The van der Waals surface area contributed by atoms with Crippen LogP contribution in [0.5, 0.6) is 0 Å². The molecule has 1 aliphatic heterocycles. The molecule has 2 aromatic rings. The normalized spacial score (nSPS) is 25.0. The lowest BCUT2D eigenvalue weighted by Gasteiger charge is -2.33. The van der Waals surface area contributed by atoms with Gasteiger partial charge in [-0.1, -0.05) is 48.6 Å². The molecule has 2 aliphatic rings. The first-order valence-electron chi connectivity index (χ1n) is 8.95. The Morgan fingerprint density at radius 3 is 2.75 bits per heavy atom. The van der Waals surface area contributed by atoms with Gasteiger partial charge in [-0.05, 0) is 40.8 Å². The van der Waals surface area contributed by atoms with Crippen molar-refractivity contribution < 1.29 is 10.0 Å². The van der Waals surface area contributed by atoms with Gasteiger partial charge in [0.15, 0.2) is 0 Å². The lowest BCUT2D eigenvalue weighted by Crippen LogP contribution is -2.42. The first-order chi connectivity index (χ1) is 13.6. The van der Waals surface area contributed by atoms with Crippen LogP contribution in [-0.4, -0.2) is 28.4 Å². The van der Waals surface area contributed by atoms with Gasteiger partial charge >= 0.3 is 0 Å². The van der Waals surface area contributed by atoms with Gasteiger partial charge in [-0.2, -0.15) is 0 Å². The zero-order valence-corrected chi connectivity index (χ0v) is 15.0. The number of nitrogens with one attached hydrogen (secondary N) is 1. The van der Waals surface area contributed by atoms with E-state index in [9.17, 15) is 15.2 Å². The highest BCUT2D eigenvalue weighted by molar-refractivity contribution is 6.01. The zero-order valence-electron chi connectivity index (χ0n) is 15.0. The zero-order chi connectivity index (χ0) is 19.6. The van der Waals surface area contributed by atoms with Gasteiger partial charge in [0, 0.05) is 12.2 Å². The topological polar surface area (TPSA) is 87.8 Å². The minimum atomic E-state index is -0.958. The third-order valence-electron chi connectivity index (χ3n) is 4.96. The predicted octanol–water partition coefficient (Wildman–Crippen LogP) is 3.24. The Morgan fingerprint density at radius 1 is 1.18 bits per heavy atom. The second-order valence-corrected chi connectivity index (χ2v) is 6.77. The molecule has 0 aromatic heterocycles. The Morgan fingerprint density at radius 2 is 2.00 bits per heavy atom. The van der Waals surface area contributed by atoms with E-state index in [1.54, 1.807) is 0 Å². The van der Waals surface area contributed by atoms with Gasteiger partial charge < -0.3 is 10.4 Å². The SMILES string of the molecule is O=[N+]([O-])C1=CC(=NCC2(c3ccc4ccccc4c3)C=CC=CN2)C(O)C=C1. The van der Waals surface area contributed by atoms with Crippen molar-refractivity contribution in [3.8, 4) is 0 Å². The maximum atomic E-state index is 11.0. The molecular formula is C22H19N3O3. The lowest BCUT2D eigenvalue weighted by atomic mass is 9.86. The highest BCUT2D eigenvalue weighted by atomic mass is 16.6. The van der Waals surface area contributed by atoms with Gasteiger partial charge in [-0.25, -0.2) is 0 Å². The fraction of sp³-hybridized carbons (Fsp3) is 0.136. The molecule has 0 radical (unpaired) electrons. The predicted molar refractivity (Wildman–Crippen MR) is 110 cm³/mol. The van der Waals surface area contributed by atoms with E-state index in [0.717, 1.165) is 16.3 Å². The first kappa shape index (κ1) is 17.9. The maximum absolute atomic E-state index is 11.0. The molecule has 2 atom stereocenters. The molecule has 4 rings (SSSR count). The smallest absolute Gasteiger partial charge is 0.271 e. The van der Waals surface area contributed by atoms with Crippen LogP contribution in [0.3, 0.4) is 0 Å². The molecule has 0 amide bonds. The van der Waals surface area contributed by atoms with Crippen LogP contribution in [0.2, 0.25) is 0 Å². The molecule has 6 nitrogen and oxygen atoms in total. The largest absolute Gasteiger partial charge is 0.383 e. The van der Waals surface area contributed by atoms with Gasteiger partial charge in [-0.3, -0.25) is 15.1 Å². The Bertz CT molecular complexity index is 1080. The number of hydrogen-bond donors (Lipinski definition) is 2. The van der Waals surface area contributed by atoms with Crippen LogP contribution in [-0.2, 0) is 5.54 Å². The van der Waals surface area contributed by atoms with E-state index in [4.69, 9.17) is 0 Å².